The summed E-state index contributed by atoms with van der Waals surface area (Å²) in [6.45, 7) is 5.28. The third kappa shape index (κ3) is 17.7. The lowest BCUT2D eigenvalue weighted by Gasteiger charge is -2.30. The molecule has 0 heterocycles. The van der Waals surface area contributed by atoms with Crippen molar-refractivity contribution >= 4 is 53.4 Å². The molecule has 60 heavy (non-hydrogen) atoms. The molecule has 17 nitrogen and oxygen atoms in total. The lowest BCUT2D eigenvalue weighted by molar-refractivity contribution is -0.148. The second kappa shape index (κ2) is 25.2. The lowest BCUT2D eigenvalue weighted by atomic mass is 10.00. The first-order valence-corrected chi connectivity index (χ1v) is 19.8. The molecule has 0 aromatic heterocycles. The van der Waals surface area contributed by atoms with Crippen molar-refractivity contribution in [1.82, 2.24) is 30.7 Å². The fraction of sp³-hybridized carbons (Fsp3) is 0.476. The Bertz CT molecular complexity index is 1820. The van der Waals surface area contributed by atoms with Crippen LogP contribution in [0.15, 0.2) is 70.7 Å². The predicted molar refractivity (Wildman–Crippen MR) is 230 cm³/mol. The lowest BCUT2D eigenvalue weighted by Crippen LogP contribution is -2.59. The number of hydrogen-bond acceptors (Lipinski definition) is 8. The van der Waals surface area contributed by atoms with Crippen molar-refractivity contribution in [3.05, 3.63) is 77.6 Å². The molecule has 0 spiro atoms. The minimum Gasteiger partial charge on any atom is -0.370 e. The van der Waals surface area contributed by atoms with Crippen molar-refractivity contribution in [1.29, 1.82) is 0 Å². The summed E-state index contributed by atoms with van der Waals surface area (Å²) in [6, 6.07) is 9.12. The normalized spacial score (nSPS) is 12.9. The molecule has 2 rings (SSSR count). The van der Waals surface area contributed by atoms with E-state index < -0.39 is 65.4 Å². The summed E-state index contributed by atoms with van der Waals surface area (Å²) in [5, 5.41) is 8.12. The van der Waals surface area contributed by atoms with Gasteiger partial charge in [0, 0.05) is 60.7 Å². The Balaban J connectivity index is 2.54. The number of halogens is 1. The van der Waals surface area contributed by atoms with Crippen LogP contribution in [0.3, 0.4) is 0 Å². The monoisotopic (exact) mass is 835 g/mol. The Morgan fingerprint density at radius 1 is 0.733 bits per heavy atom. The third-order valence-electron chi connectivity index (χ3n) is 9.03. The second-order valence-corrected chi connectivity index (χ2v) is 15.1. The van der Waals surface area contributed by atoms with Crippen LogP contribution in [0.2, 0.25) is 0 Å². The van der Waals surface area contributed by atoms with Crippen molar-refractivity contribution in [2.45, 2.75) is 83.5 Å². The maximum atomic E-state index is 14.4. The molecule has 0 aliphatic heterocycles. The average Bonchev–Trinajstić information content (AvgIpc) is 3.17. The minimum absolute atomic E-state index is 0.0329. The molecule has 0 bridgehead atoms. The largest absolute Gasteiger partial charge is 0.370 e. The van der Waals surface area contributed by atoms with Gasteiger partial charge in [-0.25, -0.2) is 4.39 Å². The molecule has 2 aromatic carbocycles. The first-order chi connectivity index (χ1) is 28.3. The van der Waals surface area contributed by atoms with Crippen LogP contribution in [-0.4, -0.2) is 128 Å². The Hall–Kier alpha value is -6.33. The zero-order chi connectivity index (χ0) is 44.9. The molecule has 4 atom stereocenters. The molecule has 3 unspecified atom stereocenters. The summed E-state index contributed by atoms with van der Waals surface area (Å²) in [5.74, 6) is -4.67. The van der Waals surface area contributed by atoms with Crippen LogP contribution in [0, 0.1) is 11.7 Å². The summed E-state index contributed by atoms with van der Waals surface area (Å²) in [4.78, 5) is 94.5. The molecular formula is C42H62FN11O6. The van der Waals surface area contributed by atoms with Gasteiger partial charge in [-0.15, -0.1) is 0 Å². The van der Waals surface area contributed by atoms with Gasteiger partial charge in [0.05, 0.1) is 0 Å². The number of carbonyl (C=O) groups is 6. The number of nitrogens with two attached hydrogens (primary N) is 3. The molecule has 6 amide bonds. The maximum absolute atomic E-state index is 14.4. The quantitative estimate of drug-likeness (QED) is 0.0427. The molecule has 0 aliphatic rings. The number of imide groups is 1. The second-order valence-electron chi connectivity index (χ2n) is 15.1. The summed E-state index contributed by atoms with van der Waals surface area (Å²) in [7, 11) is 7.33. The molecule has 2 aromatic rings. The highest BCUT2D eigenvalue weighted by Crippen LogP contribution is 2.15. The fourth-order valence-electron chi connectivity index (χ4n) is 6.22. The molecule has 328 valence electrons. The highest BCUT2D eigenvalue weighted by Gasteiger charge is 2.36. The van der Waals surface area contributed by atoms with Crippen molar-refractivity contribution < 1.29 is 33.2 Å². The highest BCUT2D eigenvalue weighted by molar-refractivity contribution is 6.06. The Morgan fingerprint density at radius 2 is 1.27 bits per heavy atom. The molecule has 0 aliphatic carbocycles. The number of carbonyl (C=O) groups excluding carboxylic acids is 6. The Labute approximate surface area is 352 Å². The third-order valence-corrected chi connectivity index (χ3v) is 9.03. The van der Waals surface area contributed by atoms with Crippen molar-refractivity contribution in [3.63, 3.8) is 0 Å². The van der Waals surface area contributed by atoms with Gasteiger partial charge in [-0.1, -0.05) is 56.3 Å². The van der Waals surface area contributed by atoms with Crippen LogP contribution in [0.5, 0.6) is 0 Å². The van der Waals surface area contributed by atoms with Crippen molar-refractivity contribution in [2.75, 3.05) is 41.3 Å². The molecule has 0 saturated heterocycles. The number of nitrogens with zero attached hydrogens (tertiary/aromatic N) is 5. The first-order valence-electron chi connectivity index (χ1n) is 19.8. The van der Waals surface area contributed by atoms with Gasteiger partial charge >= 0.3 is 0 Å². The van der Waals surface area contributed by atoms with E-state index in [0.717, 1.165) is 11.8 Å². The first kappa shape index (κ1) is 49.8. The van der Waals surface area contributed by atoms with E-state index >= 15 is 0 Å². The highest BCUT2D eigenvalue weighted by atomic mass is 19.1. The van der Waals surface area contributed by atoms with E-state index in [1.807, 2.05) is 51.8 Å². The van der Waals surface area contributed by atoms with Crippen LogP contribution in [0.4, 0.5) is 4.39 Å². The van der Waals surface area contributed by atoms with Crippen molar-refractivity contribution in [3.8, 4) is 0 Å². The van der Waals surface area contributed by atoms with E-state index in [0.29, 0.717) is 29.9 Å². The summed E-state index contributed by atoms with van der Waals surface area (Å²) in [5.41, 5.74) is 17.5. The predicted octanol–water partition coefficient (Wildman–Crippen LogP) is 1.12. The van der Waals surface area contributed by atoms with Gasteiger partial charge < -0.3 is 43.0 Å². The molecular weight excluding hydrogens is 774 g/mol. The fourth-order valence-corrected chi connectivity index (χ4v) is 6.22. The average molecular weight is 836 g/mol. The number of aliphatic imine (C=N–C) groups is 2. The topological polar surface area (TPSA) is 251 Å². The van der Waals surface area contributed by atoms with Gasteiger partial charge in [-0.05, 0) is 67.4 Å². The standard InChI is InChI=1S/C42H62FN11O6/c1-27(2)25-34(39(59)49-32(37(44)57)15-11-23-47-41(45)46)51-38(58)33(16-12-24-48-42(52(4)5)53(6)7)50-40(60)35(26-30-17-20-31(43)21-18-30)54(28(3)55)36(56)22-19-29-13-9-8-10-14-29/h8-10,13-14,17-22,27,32-35H,11-12,15-16,23-26H2,1-7H3,(H2,44,57)(H,49,59)(H,50,60)(H,51,58)(H4,45,46,47)/b22-19+/t32?,33-,34?,35?/m1/s1. The van der Waals surface area contributed by atoms with Gasteiger partial charge in [0.25, 0.3) is 5.91 Å². The van der Waals surface area contributed by atoms with Gasteiger partial charge in [0.1, 0.15) is 30.0 Å². The number of benzene rings is 2. The van der Waals surface area contributed by atoms with Crippen LogP contribution in [0.1, 0.15) is 64.0 Å². The van der Waals surface area contributed by atoms with E-state index in [-0.39, 0.29) is 50.7 Å². The molecule has 0 fully saturated rings. The zero-order valence-electron chi connectivity index (χ0n) is 35.7. The van der Waals surface area contributed by atoms with E-state index in [2.05, 4.69) is 25.9 Å². The number of hydrogen-bond donors (Lipinski definition) is 6. The maximum Gasteiger partial charge on any atom is 0.253 e. The smallest absolute Gasteiger partial charge is 0.253 e. The van der Waals surface area contributed by atoms with Gasteiger partial charge in [-0.2, -0.15) is 0 Å². The Morgan fingerprint density at radius 3 is 1.80 bits per heavy atom. The van der Waals surface area contributed by atoms with Crippen molar-refractivity contribution in [2.24, 2.45) is 33.1 Å². The van der Waals surface area contributed by atoms with Crippen LogP contribution >= 0.6 is 0 Å². The summed E-state index contributed by atoms with van der Waals surface area (Å²) in [6.07, 6.45) is 3.41. The van der Waals surface area contributed by atoms with Gasteiger partial charge in [0.2, 0.25) is 29.5 Å². The summed E-state index contributed by atoms with van der Waals surface area (Å²) >= 11 is 0. The number of amides is 6. The van der Waals surface area contributed by atoms with Crippen LogP contribution in [-0.2, 0) is 35.2 Å². The number of rotatable bonds is 22. The number of nitrogens with one attached hydrogen (secondary N) is 3. The van der Waals surface area contributed by atoms with E-state index in [1.54, 1.807) is 30.3 Å². The van der Waals surface area contributed by atoms with E-state index in [4.69, 9.17) is 17.2 Å². The van der Waals surface area contributed by atoms with Gasteiger partial charge in [0.15, 0.2) is 11.9 Å². The molecule has 9 N–H and O–H groups in total. The van der Waals surface area contributed by atoms with E-state index in [1.165, 1.54) is 36.4 Å². The molecule has 0 saturated carbocycles. The number of primary amides is 1. The SMILES string of the molecule is CC(=O)N(C(=O)/C=C/c1ccccc1)C(Cc1ccc(F)cc1)C(=O)N[C@H](CCCN=C(N(C)C)N(C)C)C(=O)NC(CC(C)C)C(=O)NC(CCCN=C(N)N)C(N)=O. The molecule has 0 radical (unpaired) electrons. The molecule has 18 heteroatoms. The minimum atomic E-state index is -1.48. The zero-order valence-corrected chi connectivity index (χ0v) is 35.7. The van der Waals surface area contributed by atoms with Crippen LogP contribution in [0.25, 0.3) is 6.08 Å². The number of guanidine groups is 2. The summed E-state index contributed by atoms with van der Waals surface area (Å²) < 4.78 is 13.9. The Kier molecular flexibility index (Phi) is 20.9. The van der Waals surface area contributed by atoms with Crippen LogP contribution < -0.4 is 33.2 Å². The van der Waals surface area contributed by atoms with Gasteiger partial charge in [-0.3, -0.25) is 43.7 Å². The van der Waals surface area contributed by atoms with E-state index in [9.17, 15) is 33.2 Å².